The molecule has 4 nitrogen and oxygen atoms in total. The summed E-state index contributed by atoms with van der Waals surface area (Å²) < 4.78 is 0. The first-order valence-electron chi connectivity index (χ1n) is 4.30. The van der Waals surface area contributed by atoms with Gasteiger partial charge in [0.25, 0.3) is 0 Å². The van der Waals surface area contributed by atoms with Crippen LogP contribution in [0.5, 0.6) is 0 Å². The number of carbonyl (C=O) groups is 1. The van der Waals surface area contributed by atoms with E-state index in [1.165, 1.54) is 0 Å². The van der Waals surface area contributed by atoms with Crippen LogP contribution in [0.1, 0.15) is 19.8 Å². The summed E-state index contributed by atoms with van der Waals surface area (Å²) in [5.74, 6) is 1.53. The first-order chi connectivity index (χ1) is 6.15. The molecule has 0 aromatic carbocycles. The standard InChI is InChI=1S/C9H16N2O2/c1-3-5-7(4-2)11-8(6-10)9(12)13/h2,7-8,11H,3,5-6,10H2,1H3,(H,12,13). The number of aliphatic carboxylic acids is 1. The molecule has 13 heavy (non-hydrogen) atoms. The second-order valence-corrected chi connectivity index (χ2v) is 2.80. The molecule has 0 amide bonds. The van der Waals surface area contributed by atoms with E-state index >= 15 is 0 Å². The minimum absolute atomic E-state index is 0.0528. The molecule has 0 rings (SSSR count). The average molecular weight is 184 g/mol. The van der Waals surface area contributed by atoms with Crippen LogP contribution in [-0.4, -0.2) is 29.7 Å². The predicted molar refractivity (Wildman–Crippen MR) is 51.1 cm³/mol. The van der Waals surface area contributed by atoms with Gasteiger partial charge in [0, 0.05) is 6.54 Å². The molecule has 4 heteroatoms. The summed E-state index contributed by atoms with van der Waals surface area (Å²) in [5, 5.41) is 11.5. The lowest BCUT2D eigenvalue weighted by Crippen LogP contribution is -2.47. The molecule has 0 aliphatic heterocycles. The fourth-order valence-corrected chi connectivity index (χ4v) is 0.986. The number of terminal acetylenes is 1. The van der Waals surface area contributed by atoms with E-state index in [4.69, 9.17) is 17.3 Å². The van der Waals surface area contributed by atoms with E-state index in [0.29, 0.717) is 0 Å². The Morgan fingerprint density at radius 1 is 1.77 bits per heavy atom. The molecule has 0 fully saturated rings. The van der Waals surface area contributed by atoms with Gasteiger partial charge in [-0.05, 0) is 6.42 Å². The second-order valence-electron chi connectivity index (χ2n) is 2.80. The minimum Gasteiger partial charge on any atom is -0.480 e. The van der Waals surface area contributed by atoms with Crippen LogP contribution in [0.3, 0.4) is 0 Å². The molecule has 0 aliphatic carbocycles. The molecule has 0 aromatic heterocycles. The van der Waals surface area contributed by atoms with Gasteiger partial charge in [-0.1, -0.05) is 19.3 Å². The van der Waals surface area contributed by atoms with Crippen molar-refractivity contribution in [3.05, 3.63) is 0 Å². The van der Waals surface area contributed by atoms with Gasteiger partial charge < -0.3 is 10.8 Å². The van der Waals surface area contributed by atoms with E-state index < -0.39 is 12.0 Å². The molecule has 0 spiro atoms. The van der Waals surface area contributed by atoms with E-state index in [0.717, 1.165) is 12.8 Å². The minimum atomic E-state index is -0.959. The number of hydrogen-bond acceptors (Lipinski definition) is 3. The van der Waals surface area contributed by atoms with Crippen LogP contribution >= 0.6 is 0 Å². The Labute approximate surface area is 78.5 Å². The van der Waals surface area contributed by atoms with Crippen LogP contribution in [0, 0.1) is 12.3 Å². The molecular weight excluding hydrogens is 168 g/mol. The van der Waals surface area contributed by atoms with Crippen LogP contribution in [0.25, 0.3) is 0 Å². The lowest BCUT2D eigenvalue weighted by molar-refractivity contribution is -0.139. The number of nitrogens with one attached hydrogen (secondary N) is 1. The summed E-state index contributed by atoms with van der Waals surface area (Å²) in [6.07, 6.45) is 6.90. The maximum absolute atomic E-state index is 10.6. The van der Waals surface area contributed by atoms with Gasteiger partial charge >= 0.3 is 5.97 Å². The number of hydrogen-bond donors (Lipinski definition) is 3. The monoisotopic (exact) mass is 184 g/mol. The van der Waals surface area contributed by atoms with Gasteiger partial charge in [-0.25, -0.2) is 0 Å². The number of nitrogens with two attached hydrogens (primary N) is 1. The third kappa shape index (κ3) is 4.51. The molecule has 0 bridgehead atoms. The maximum atomic E-state index is 10.6. The highest BCUT2D eigenvalue weighted by Gasteiger charge is 2.17. The second kappa shape index (κ2) is 6.46. The fraction of sp³-hybridized carbons (Fsp3) is 0.667. The lowest BCUT2D eigenvalue weighted by Gasteiger charge is -2.17. The molecule has 74 valence electrons. The molecule has 0 radical (unpaired) electrons. The fourth-order valence-electron chi connectivity index (χ4n) is 0.986. The summed E-state index contributed by atoms with van der Waals surface area (Å²) >= 11 is 0. The van der Waals surface area contributed by atoms with Gasteiger partial charge in [-0.15, -0.1) is 6.42 Å². The summed E-state index contributed by atoms with van der Waals surface area (Å²) in [5.41, 5.74) is 5.26. The third-order valence-electron chi connectivity index (χ3n) is 1.71. The van der Waals surface area contributed by atoms with Crippen molar-refractivity contribution in [2.75, 3.05) is 6.54 Å². The largest absolute Gasteiger partial charge is 0.480 e. The van der Waals surface area contributed by atoms with Crippen molar-refractivity contribution in [2.45, 2.75) is 31.8 Å². The lowest BCUT2D eigenvalue weighted by atomic mass is 10.1. The number of rotatable bonds is 6. The Bertz CT molecular complexity index is 198. The van der Waals surface area contributed by atoms with Crippen LogP contribution in [0.4, 0.5) is 0 Å². The van der Waals surface area contributed by atoms with Gasteiger partial charge in [0.1, 0.15) is 6.04 Å². The third-order valence-corrected chi connectivity index (χ3v) is 1.71. The van der Waals surface area contributed by atoms with E-state index in [2.05, 4.69) is 11.2 Å². The Kier molecular flexibility index (Phi) is 5.94. The van der Waals surface area contributed by atoms with E-state index in [1.54, 1.807) is 0 Å². The highest BCUT2D eigenvalue weighted by Crippen LogP contribution is 1.96. The van der Waals surface area contributed by atoms with E-state index in [1.807, 2.05) is 6.92 Å². The zero-order valence-electron chi connectivity index (χ0n) is 7.79. The van der Waals surface area contributed by atoms with Gasteiger partial charge in [0.2, 0.25) is 0 Å². The zero-order valence-corrected chi connectivity index (χ0v) is 7.79. The summed E-state index contributed by atoms with van der Waals surface area (Å²) in [7, 11) is 0. The average Bonchev–Trinajstić information content (AvgIpc) is 2.11. The van der Waals surface area contributed by atoms with Crippen molar-refractivity contribution in [3.63, 3.8) is 0 Å². The van der Waals surface area contributed by atoms with Crippen LogP contribution in [-0.2, 0) is 4.79 Å². The SMILES string of the molecule is C#CC(CCC)NC(CN)C(=O)O. The van der Waals surface area contributed by atoms with Crippen molar-refractivity contribution >= 4 is 5.97 Å². The van der Waals surface area contributed by atoms with Crippen LogP contribution in [0.15, 0.2) is 0 Å². The van der Waals surface area contributed by atoms with Gasteiger partial charge in [0.05, 0.1) is 6.04 Å². The smallest absolute Gasteiger partial charge is 0.322 e. The van der Waals surface area contributed by atoms with Crippen molar-refractivity contribution in [1.29, 1.82) is 0 Å². The predicted octanol–water partition coefficient (Wildman–Crippen LogP) is -0.210. The Hall–Kier alpha value is -1.05. The van der Waals surface area contributed by atoms with Gasteiger partial charge in [-0.2, -0.15) is 0 Å². The first kappa shape index (κ1) is 11.9. The summed E-state index contributed by atoms with van der Waals surface area (Å²) in [4.78, 5) is 10.6. The van der Waals surface area contributed by atoms with Crippen molar-refractivity contribution < 1.29 is 9.90 Å². The summed E-state index contributed by atoms with van der Waals surface area (Å²) in [6, 6.07) is -0.942. The van der Waals surface area contributed by atoms with Gasteiger partial charge in [-0.3, -0.25) is 10.1 Å². The normalized spacial score (nSPS) is 14.5. The maximum Gasteiger partial charge on any atom is 0.322 e. The molecule has 0 saturated carbocycles. The van der Waals surface area contributed by atoms with Gasteiger partial charge in [0.15, 0.2) is 0 Å². The van der Waals surface area contributed by atoms with Crippen molar-refractivity contribution in [3.8, 4) is 12.3 Å². The van der Waals surface area contributed by atoms with Crippen LogP contribution in [0.2, 0.25) is 0 Å². The zero-order chi connectivity index (χ0) is 10.3. The Morgan fingerprint density at radius 3 is 2.69 bits per heavy atom. The molecule has 0 aliphatic rings. The molecule has 2 unspecified atom stereocenters. The van der Waals surface area contributed by atoms with Crippen molar-refractivity contribution in [2.24, 2.45) is 5.73 Å². The number of carboxylic acids is 1. The molecule has 0 heterocycles. The van der Waals surface area contributed by atoms with Crippen LogP contribution < -0.4 is 11.1 Å². The highest BCUT2D eigenvalue weighted by molar-refractivity contribution is 5.73. The Balaban J connectivity index is 4.05. The van der Waals surface area contributed by atoms with Crippen molar-refractivity contribution in [1.82, 2.24) is 5.32 Å². The molecular formula is C9H16N2O2. The molecule has 4 N–H and O–H groups in total. The van der Waals surface area contributed by atoms with E-state index in [-0.39, 0.29) is 12.6 Å². The molecule has 2 atom stereocenters. The molecule has 0 saturated heterocycles. The molecule has 0 aromatic rings. The topological polar surface area (TPSA) is 75.3 Å². The first-order valence-corrected chi connectivity index (χ1v) is 4.30. The highest BCUT2D eigenvalue weighted by atomic mass is 16.4. The Morgan fingerprint density at radius 2 is 2.38 bits per heavy atom. The summed E-state index contributed by atoms with van der Waals surface area (Å²) in [6.45, 7) is 2.04. The quantitative estimate of drug-likeness (QED) is 0.499. The number of carboxylic acid groups (broad SMARTS) is 1. The van der Waals surface area contributed by atoms with E-state index in [9.17, 15) is 4.79 Å².